The zero-order valence-corrected chi connectivity index (χ0v) is 18.6. The molecule has 33 heavy (non-hydrogen) atoms. The molecule has 0 aromatic heterocycles. The number of ether oxygens (including phenoxy) is 3. The predicted molar refractivity (Wildman–Crippen MR) is 120 cm³/mol. The van der Waals surface area contributed by atoms with Crippen LogP contribution in [0.5, 0.6) is 11.5 Å². The highest BCUT2D eigenvalue weighted by atomic mass is 16.5. The molecule has 3 atom stereocenters. The van der Waals surface area contributed by atoms with Crippen molar-refractivity contribution >= 4 is 11.9 Å². The normalized spacial score (nSPS) is 20.9. The second-order valence-electron chi connectivity index (χ2n) is 9.02. The van der Waals surface area contributed by atoms with Crippen molar-refractivity contribution in [1.29, 1.82) is 5.26 Å². The average molecular weight is 443 g/mol. The Hall–Kier alpha value is -3.77. The number of nitrogens with zero attached hydrogens (tertiary/aromatic N) is 1. The highest BCUT2D eigenvalue weighted by Gasteiger charge is 2.62. The van der Waals surface area contributed by atoms with Gasteiger partial charge in [0, 0.05) is 17.4 Å². The van der Waals surface area contributed by atoms with Crippen LogP contribution in [0.15, 0.2) is 54.6 Å². The monoisotopic (exact) mass is 443 g/mol. The molecular formula is C27H25NO5. The van der Waals surface area contributed by atoms with Gasteiger partial charge in [0.05, 0.1) is 12.5 Å². The number of benzene rings is 2. The fraction of sp³-hybridized carbons (Fsp3) is 0.370. The second kappa shape index (κ2) is 9.38. The zero-order valence-electron chi connectivity index (χ0n) is 18.6. The zero-order chi connectivity index (χ0) is 23.4. The molecule has 0 heterocycles. The molecule has 0 N–H and O–H groups in total. The van der Waals surface area contributed by atoms with Crippen LogP contribution >= 0.6 is 0 Å². The summed E-state index contributed by atoms with van der Waals surface area (Å²) in [5, 5.41) is 9.64. The van der Waals surface area contributed by atoms with Gasteiger partial charge in [-0.15, -0.1) is 0 Å². The standard InChI is InChI=1S/C27H25NO5/c1-27(2)22(13-14-24(29)31-17-18-11-12-18)25(27)26(30)33-23(16-28)19-7-6-10-21(15-19)32-20-8-4-3-5-9-20/h3-10,15,18,22-23,25H,11-12,17H2,1-2H3/t22-,23+,25-/m0/s1. The molecule has 168 valence electrons. The summed E-state index contributed by atoms with van der Waals surface area (Å²) < 4.78 is 16.5. The van der Waals surface area contributed by atoms with Crippen LogP contribution in [0, 0.1) is 46.3 Å². The number of esters is 2. The Morgan fingerprint density at radius 3 is 2.52 bits per heavy atom. The fourth-order valence-corrected chi connectivity index (χ4v) is 3.72. The summed E-state index contributed by atoms with van der Waals surface area (Å²) in [4.78, 5) is 24.6. The smallest absolute Gasteiger partial charge is 0.384 e. The van der Waals surface area contributed by atoms with Crippen LogP contribution < -0.4 is 4.74 Å². The van der Waals surface area contributed by atoms with Crippen molar-refractivity contribution < 1.29 is 23.8 Å². The minimum absolute atomic E-state index is 0.328. The molecule has 2 aromatic rings. The van der Waals surface area contributed by atoms with E-state index in [0.717, 1.165) is 12.8 Å². The van der Waals surface area contributed by atoms with Crippen LogP contribution in [0.4, 0.5) is 0 Å². The van der Waals surface area contributed by atoms with Crippen LogP contribution in [0.3, 0.4) is 0 Å². The summed E-state index contributed by atoms with van der Waals surface area (Å²) in [5.74, 6) is 5.11. The molecule has 0 saturated heterocycles. The molecule has 0 unspecified atom stereocenters. The Morgan fingerprint density at radius 2 is 1.82 bits per heavy atom. The quantitative estimate of drug-likeness (QED) is 0.347. The Kier molecular flexibility index (Phi) is 6.38. The lowest BCUT2D eigenvalue weighted by Crippen LogP contribution is -2.14. The van der Waals surface area contributed by atoms with Crippen molar-refractivity contribution in [2.45, 2.75) is 32.8 Å². The van der Waals surface area contributed by atoms with Crippen molar-refractivity contribution in [2.24, 2.45) is 23.2 Å². The fourth-order valence-electron chi connectivity index (χ4n) is 3.72. The van der Waals surface area contributed by atoms with E-state index in [1.165, 1.54) is 0 Å². The summed E-state index contributed by atoms with van der Waals surface area (Å²) in [7, 11) is 0. The maximum absolute atomic E-state index is 12.8. The van der Waals surface area contributed by atoms with Crippen molar-refractivity contribution in [3.05, 3.63) is 60.2 Å². The lowest BCUT2D eigenvalue weighted by Gasteiger charge is -2.13. The van der Waals surface area contributed by atoms with Crippen molar-refractivity contribution in [1.82, 2.24) is 0 Å². The maximum Gasteiger partial charge on any atom is 0.384 e. The van der Waals surface area contributed by atoms with E-state index in [4.69, 9.17) is 14.2 Å². The van der Waals surface area contributed by atoms with Gasteiger partial charge >= 0.3 is 11.9 Å². The molecular weight excluding hydrogens is 418 g/mol. The van der Waals surface area contributed by atoms with Gasteiger partial charge < -0.3 is 14.2 Å². The summed E-state index contributed by atoms with van der Waals surface area (Å²) in [6.45, 7) is 4.19. The van der Waals surface area contributed by atoms with Gasteiger partial charge in [-0.05, 0) is 48.4 Å². The van der Waals surface area contributed by atoms with Gasteiger partial charge in [-0.1, -0.05) is 50.1 Å². The van der Waals surface area contributed by atoms with Crippen LogP contribution in [-0.4, -0.2) is 18.5 Å². The summed E-state index contributed by atoms with van der Waals surface area (Å²) in [5.41, 5.74) is 0.0723. The molecule has 0 bridgehead atoms. The third kappa shape index (κ3) is 5.54. The molecule has 2 aliphatic rings. The van der Waals surface area contributed by atoms with E-state index in [9.17, 15) is 14.9 Å². The van der Waals surface area contributed by atoms with Gasteiger partial charge in [-0.25, -0.2) is 4.79 Å². The first-order valence-corrected chi connectivity index (χ1v) is 11.0. The number of para-hydroxylation sites is 1. The van der Waals surface area contributed by atoms with Crippen LogP contribution in [0.25, 0.3) is 0 Å². The number of carbonyl (C=O) groups excluding carboxylic acids is 2. The summed E-state index contributed by atoms with van der Waals surface area (Å²) in [6.07, 6.45) is 1.10. The SMILES string of the molecule is CC1(C)[C@H](C(=O)O[C@H](C#N)c2cccc(Oc3ccccc3)c2)[C@@H]1C#CC(=O)OCC1CC1. The number of carbonyl (C=O) groups is 2. The highest BCUT2D eigenvalue weighted by Crippen LogP contribution is 2.58. The third-order valence-electron chi connectivity index (χ3n) is 6.05. The topological polar surface area (TPSA) is 85.6 Å². The molecule has 2 fully saturated rings. The largest absolute Gasteiger partial charge is 0.457 e. The van der Waals surface area contributed by atoms with Gasteiger partial charge in [0.2, 0.25) is 6.10 Å². The van der Waals surface area contributed by atoms with E-state index in [2.05, 4.69) is 11.8 Å². The molecule has 6 nitrogen and oxygen atoms in total. The molecule has 0 amide bonds. The Labute approximate surface area is 193 Å². The second-order valence-corrected chi connectivity index (χ2v) is 9.02. The lowest BCUT2D eigenvalue weighted by molar-refractivity contribution is -0.149. The minimum atomic E-state index is -1.08. The number of hydrogen-bond acceptors (Lipinski definition) is 6. The van der Waals surface area contributed by atoms with E-state index < -0.39 is 29.4 Å². The Morgan fingerprint density at radius 1 is 1.09 bits per heavy atom. The Balaban J connectivity index is 1.38. The van der Waals surface area contributed by atoms with E-state index in [-0.39, 0.29) is 5.92 Å². The first-order valence-electron chi connectivity index (χ1n) is 11.0. The van der Waals surface area contributed by atoms with Crippen LogP contribution in [-0.2, 0) is 19.1 Å². The molecule has 2 aromatic carbocycles. The van der Waals surface area contributed by atoms with E-state index >= 15 is 0 Å². The maximum atomic E-state index is 12.8. The van der Waals surface area contributed by atoms with E-state index in [1.807, 2.05) is 50.2 Å². The summed E-state index contributed by atoms with van der Waals surface area (Å²) in [6, 6.07) is 18.2. The van der Waals surface area contributed by atoms with Gasteiger partial charge in [0.25, 0.3) is 0 Å². The van der Waals surface area contributed by atoms with Crippen molar-refractivity contribution in [2.75, 3.05) is 6.61 Å². The molecule has 4 rings (SSSR count). The Bertz CT molecular complexity index is 1130. The van der Waals surface area contributed by atoms with E-state index in [0.29, 0.717) is 29.6 Å². The molecule has 0 spiro atoms. The number of nitriles is 1. The molecule has 2 aliphatic carbocycles. The predicted octanol–water partition coefficient (Wildman–Crippen LogP) is 4.82. The summed E-state index contributed by atoms with van der Waals surface area (Å²) >= 11 is 0. The highest BCUT2D eigenvalue weighted by molar-refractivity contribution is 5.89. The van der Waals surface area contributed by atoms with Gasteiger partial charge in [0.1, 0.15) is 17.6 Å². The molecule has 2 saturated carbocycles. The third-order valence-corrected chi connectivity index (χ3v) is 6.05. The first kappa shape index (κ1) is 22.4. The van der Waals surface area contributed by atoms with Crippen molar-refractivity contribution in [3.63, 3.8) is 0 Å². The number of hydrogen-bond donors (Lipinski definition) is 0. The lowest BCUT2D eigenvalue weighted by atomic mass is 10.1. The molecule has 0 radical (unpaired) electrons. The van der Waals surface area contributed by atoms with Gasteiger partial charge in [-0.3, -0.25) is 4.79 Å². The van der Waals surface area contributed by atoms with Gasteiger partial charge in [0.15, 0.2) is 0 Å². The first-order chi connectivity index (χ1) is 15.9. The number of rotatable bonds is 7. The van der Waals surface area contributed by atoms with E-state index in [1.54, 1.807) is 24.3 Å². The van der Waals surface area contributed by atoms with Crippen molar-refractivity contribution in [3.8, 4) is 29.4 Å². The van der Waals surface area contributed by atoms with Crippen LogP contribution in [0.1, 0.15) is 38.4 Å². The van der Waals surface area contributed by atoms with Crippen LogP contribution in [0.2, 0.25) is 0 Å². The molecule has 6 heteroatoms. The van der Waals surface area contributed by atoms with Gasteiger partial charge in [-0.2, -0.15) is 5.26 Å². The average Bonchev–Trinajstić information content (AvgIpc) is 3.72. The minimum Gasteiger partial charge on any atom is -0.457 e. The molecule has 0 aliphatic heterocycles.